The van der Waals surface area contributed by atoms with Crippen LogP contribution in [0.2, 0.25) is 0 Å². The van der Waals surface area contributed by atoms with Crippen molar-refractivity contribution >= 4 is 10.0 Å². The van der Waals surface area contributed by atoms with Crippen molar-refractivity contribution in [2.45, 2.75) is 38.2 Å². The first-order chi connectivity index (χ1) is 12.3. The number of nitrogens with zero attached hydrogens (tertiary/aromatic N) is 3. The number of sulfonamides is 1. The smallest absolute Gasteiger partial charge is 0.317 e. The van der Waals surface area contributed by atoms with Crippen LogP contribution < -0.4 is 9.47 Å². The summed E-state index contributed by atoms with van der Waals surface area (Å²) in [5.41, 5.74) is 2.43. The maximum atomic E-state index is 12.9. The predicted molar refractivity (Wildman–Crippen MR) is 97.0 cm³/mol. The van der Waals surface area contributed by atoms with E-state index in [1.54, 1.807) is 25.3 Å². The van der Waals surface area contributed by atoms with Crippen LogP contribution in [0.5, 0.6) is 11.8 Å². The van der Waals surface area contributed by atoms with Gasteiger partial charge in [0.1, 0.15) is 11.9 Å². The molecule has 1 aromatic carbocycles. The van der Waals surface area contributed by atoms with E-state index in [-0.39, 0.29) is 17.5 Å². The summed E-state index contributed by atoms with van der Waals surface area (Å²) in [6, 6.07) is 7.05. The van der Waals surface area contributed by atoms with Crippen molar-refractivity contribution in [3.8, 4) is 11.8 Å². The van der Waals surface area contributed by atoms with E-state index in [9.17, 15) is 8.42 Å². The van der Waals surface area contributed by atoms with Crippen LogP contribution >= 0.6 is 0 Å². The zero-order chi connectivity index (χ0) is 18.9. The Morgan fingerprint density at radius 1 is 1.12 bits per heavy atom. The third kappa shape index (κ3) is 3.81. The maximum Gasteiger partial charge on any atom is 0.317 e. The molecule has 1 atom stereocenters. The van der Waals surface area contributed by atoms with E-state index in [4.69, 9.17) is 9.47 Å². The van der Waals surface area contributed by atoms with Gasteiger partial charge in [0.25, 0.3) is 0 Å². The van der Waals surface area contributed by atoms with Crippen LogP contribution in [0.3, 0.4) is 0 Å². The SMILES string of the molecule is COc1ccc(S(=O)(=O)N2CC[C@H](Oc3nc(C)cc(C)n3)C2)cc1C. The van der Waals surface area contributed by atoms with Gasteiger partial charge >= 0.3 is 6.01 Å². The van der Waals surface area contributed by atoms with Crippen LogP contribution in [0.25, 0.3) is 0 Å². The van der Waals surface area contributed by atoms with Gasteiger partial charge in [0.2, 0.25) is 10.0 Å². The molecule has 7 nitrogen and oxygen atoms in total. The minimum atomic E-state index is -3.57. The summed E-state index contributed by atoms with van der Waals surface area (Å²) in [6.45, 7) is 6.26. The minimum absolute atomic E-state index is 0.259. The molecule has 0 unspecified atom stereocenters. The number of hydrogen-bond donors (Lipinski definition) is 0. The zero-order valence-corrected chi connectivity index (χ0v) is 16.2. The van der Waals surface area contributed by atoms with E-state index in [1.807, 2.05) is 26.8 Å². The first kappa shape index (κ1) is 18.6. The summed E-state index contributed by atoms with van der Waals surface area (Å²) in [5.74, 6) is 0.665. The summed E-state index contributed by atoms with van der Waals surface area (Å²) in [6.07, 6.45) is 0.343. The molecule has 1 aliphatic rings. The normalized spacial score (nSPS) is 18.1. The van der Waals surface area contributed by atoms with Crippen LogP contribution in [0.1, 0.15) is 23.4 Å². The van der Waals surface area contributed by atoms with Gasteiger partial charge in [-0.1, -0.05) is 0 Å². The van der Waals surface area contributed by atoms with Crippen LogP contribution in [0.4, 0.5) is 0 Å². The summed E-state index contributed by atoms with van der Waals surface area (Å²) in [7, 11) is -2.01. The Morgan fingerprint density at radius 3 is 2.42 bits per heavy atom. The number of benzene rings is 1. The van der Waals surface area contributed by atoms with E-state index in [0.29, 0.717) is 24.7 Å². The third-order valence-corrected chi connectivity index (χ3v) is 6.21. The molecule has 1 fully saturated rings. The van der Waals surface area contributed by atoms with E-state index in [1.165, 1.54) is 4.31 Å². The molecule has 0 N–H and O–H groups in total. The quantitative estimate of drug-likeness (QED) is 0.795. The highest BCUT2D eigenvalue weighted by Gasteiger charge is 2.34. The van der Waals surface area contributed by atoms with Crippen molar-refractivity contribution in [2.24, 2.45) is 0 Å². The molecule has 0 radical (unpaired) electrons. The Balaban J connectivity index is 1.74. The highest BCUT2D eigenvalue weighted by atomic mass is 32.2. The molecule has 1 saturated heterocycles. The number of rotatable bonds is 5. The zero-order valence-electron chi connectivity index (χ0n) is 15.4. The summed E-state index contributed by atoms with van der Waals surface area (Å²) in [5, 5.41) is 0. The van der Waals surface area contributed by atoms with Crippen molar-refractivity contribution in [3.05, 3.63) is 41.2 Å². The second-order valence-electron chi connectivity index (χ2n) is 6.46. The molecule has 26 heavy (non-hydrogen) atoms. The van der Waals surface area contributed by atoms with Gasteiger partial charge in [-0.3, -0.25) is 0 Å². The summed E-state index contributed by atoms with van der Waals surface area (Å²) in [4.78, 5) is 8.78. The molecule has 1 aliphatic heterocycles. The highest BCUT2D eigenvalue weighted by Crippen LogP contribution is 2.27. The van der Waals surface area contributed by atoms with Crippen molar-refractivity contribution in [3.63, 3.8) is 0 Å². The number of hydrogen-bond acceptors (Lipinski definition) is 6. The molecule has 2 heterocycles. The lowest BCUT2D eigenvalue weighted by Crippen LogP contribution is -2.31. The van der Waals surface area contributed by atoms with Gasteiger partial charge in [0, 0.05) is 17.9 Å². The van der Waals surface area contributed by atoms with Gasteiger partial charge in [-0.2, -0.15) is 4.31 Å². The third-order valence-electron chi connectivity index (χ3n) is 4.35. The van der Waals surface area contributed by atoms with E-state index < -0.39 is 10.0 Å². The lowest BCUT2D eigenvalue weighted by Gasteiger charge is -2.17. The summed E-state index contributed by atoms with van der Waals surface area (Å²) < 4.78 is 38.2. The molecule has 140 valence electrons. The van der Waals surface area contributed by atoms with Gasteiger partial charge < -0.3 is 9.47 Å². The second kappa shape index (κ2) is 7.20. The number of aryl methyl sites for hydroxylation is 3. The fourth-order valence-corrected chi connectivity index (χ4v) is 4.64. The molecule has 0 aliphatic carbocycles. The monoisotopic (exact) mass is 377 g/mol. The van der Waals surface area contributed by atoms with Crippen molar-refractivity contribution in [2.75, 3.05) is 20.2 Å². The average molecular weight is 377 g/mol. The number of ether oxygens (including phenoxy) is 2. The molecule has 2 aromatic rings. The Hall–Kier alpha value is -2.19. The number of methoxy groups -OCH3 is 1. The molecule has 0 saturated carbocycles. The highest BCUT2D eigenvalue weighted by molar-refractivity contribution is 7.89. The first-order valence-corrected chi connectivity index (χ1v) is 9.87. The number of aromatic nitrogens is 2. The average Bonchev–Trinajstić information content (AvgIpc) is 3.03. The predicted octanol–water partition coefficient (Wildman–Crippen LogP) is 2.25. The molecule has 8 heteroatoms. The van der Waals surface area contributed by atoms with Gasteiger partial charge in [-0.15, -0.1) is 0 Å². The Labute approximate surface area is 154 Å². The van der Waals surface area contributed by atoms with Gasteiger partial charge in [0.15, 0.2) is 0 Å². The molecular weight excluding hydrogens is 354 g/mol. The maximum absolute atomic E-state index is 12.9. The van der Waals surface area contributed by atoms with Crippen molar-refractivity contribution in [1.82, 2.24) is 14.3 Å². The molecule has 3 rings (SSSR count). The van der Waals surface area contributed by atoms with Crippen molar-refractivity contribution < 1.29 is 17.9 Å². The standard InChI is InChI=1S/C18H23N3O4S/c1-12-9-16(5-6-17(12)24-4)26(22,23)21-8-7-15(11-21)25-18-19-13(2)10-14(3)20-18/h5-6,9-10,15H,7-8,11H2,1-4H3/t15-/m0/s1. The van der Waals surface area contributed by atoms with Crippen molar-refractivity contribution in [1.29, 1.82) is 0 Å². The lowest BCUT2D eigenvalue weighted by molar-refractivity contribution is 0.197. The van der Waals surface area contributed by atoms with Crippen LogP contribution in [0.15, 0.2) is 29.2 Å². The topological polar surface area (TPSA) is 81.6 Å². The molecule has 0 spiro atoms. The van der Waals surface area contributed by atoms with Crippen LogP contribution in [-0.4, -0.2) is 49.0 Å². The Morgan fingerprint density at radius 2 is 1.81 bits per heavy atom. The molecule has 0 bridgehead atoms. The van der Waals surface area contributed by atoms with Gasteiger partial charge in [-0.25, -0.2) is 18.4 Å². The second-order valence-corrected chi connectivity index (χ2v) is 8.39. The largest absolute Gasteiger partial charge is 0.496 e. The summed E-state index contributed by atoms with van der Waals surface area (Å²) >= 11 is 0. The molecular formula is C18H23N3O4S. The van der Waals surface area contributed by atoms with Gasteiger partial charge in [0.05, 0.1) is 18.6 Å². The van der Waals surface area contributed by atoms with Crippen LogP contribution in [0, 0.1) is 20.8 Å². The Kier molecular flexibility index (Phi) is 5.15. The molecule has 0 amide bonds. The minimum Gasteiger partial charge on any atom is -0.496 e. The molecule has 1 aromatic heterocycles. The Bertz CT molecular complexity index is 894. The van der Waals surface area contributed by atoms with Gasteiger partial charge in [-0.05, 0) is 57.0 Å². The first-order valence-electron chi connectivity index (χ1n) is 8.43. The fraction of sp³-hybridized carbons (Fsp3) is 0.444. The lowest BCUT2D eigenvalue weighted by atomic mass is 10.2. The van der Waals surface area contributed by atoms with E-state index in [2.05, 4.69) is 9.97 Å². The van der Waals surface area contributed by atoms with Crippen LogP contribution in [-0.2, 0) is 10.0 Å². The fourth-order valence-electron chi connectivity index (χ4n) is 3.07. The van der Waals surface area contributed by atoms with E-state index >= 15 is 0 Å². The van der Waals surface area contributed by atoms with E-state index in [0.717, 1.165) is 17.0 Å².